The molecule has 0 spiro atoms. The average Bonchev–Trinajstić information content (AvgIpc) is 2.69. The SMILES string of the molecule is C=C(C)C(=O)N(CCCCCCCCCC)CCCCCCCCCCCC. The van der Waals surface area contributed by atoms with Crippen molar-refractivity contribution in [3.63, 3.8) is 0 Å². The molecule has 0 heterocycles. The lowest BCUT2D eigenvalue weighted by Crippen LogP contribution is -2.33. The monoisotopic (exact) mass is 393 g/mol. The van der Waals surface area contributed by atoms with E-state index in [9.17, 15) is 4.79 Å². The lowest BCUT2D eigenvalue weighted by Gasteiger charge is -2.23. The highest BCUT2D eigenvalue weighted by molar-refractivity contribution is 5.92. The van der Waals surface area contributed by atoms with Gasteiger partial charge in [-0.3, -0.25) is 4.79 Å². The summed E-state index contributed by atoms with van der Waals surface area (Å²) >= 11 is 0. The number of hydrogen-bond donors (Lipinski definition) is 0. The summed E-state index contributed by atoms with van der Waals surface area (Å²) in [6, 6.07) is 0. The summed E-state index contributed by atoms with van der Waals surface area (Å²) in [6.07, 6.45) is 23.9. The van der Waals surface area contributed by atoms with Crippen LogP contribution in [-0.2, 0) is 4.79 Å². The quantitative estimate of drug-likeness (QED) is 0.141. The molecule has 0 aromatic rings. The maximum absolute atomic E-state index is 12.4. The molecule has 0 fully saturated rings. The molecule has 0 aliphatic carbocycles. The van der Waals surface area contributed by atoms with Gasteiger partial charge in [0.25, 0.3) is 0 Å². The van der Waals surface area contributed by atoms with E-state index in [1.807, 2.05) is 6.92 Å². The summed E-state index contributed by atoms with van der Waals surface area (Å²) in [5.74, 6) is 0.166. The Balaban J connectivity index is 3.77. The molecule has 2 heteroatoms. The number of nitrogens with zero attached hydrogens (tertiary/aromatic N) is 1. The van der Waals surface area contributed by atoms with Gasteiger partial charge in [0, 0.05) is 18.7 Å². The van der Waals surface area contributed by atoms with E-state index in [0.717, 1.165) is 25.9 Å². The Bertz CT molecular complexity index is 363. The van der Waals surface area contributed by atoms with Gasteiger partial charge in [-0.1, -0.05) is 123 Å². The first kappa shape index (κ1) is 27.2. The summed E-state index contributed by atoms with van der Waals surface area (Å²) in [5.41, 5.74) is 0.687. The van der Waals surface area contributed by atoms with Crippen LogP contribution in [0.4, 0.5) is 0 Å². The van der Waals surface area contributed by atoms with Crippen LogP contribution < -0.4 is 0 Å². The van der Waals surface area contributed by atoms with Gasteiger partial charge in [0.2, 0.25) is 5.91 Å². The van der Waals surface area contributed by atoms with E-state index < -0.39 is 0 Å². The third-order valence-electron chi connectivity index (χ3n) is 5.72. The van der Waals surface area contributed by atoms with Crippen LogP contribution in [0.15, 0.2) is 12.2 Å². The van der Waals surface area contributed by atoms with E-state index in [-0.39, 0.29) is 5.91 Å². The first-order valence-corrected chi connectivity index (χ1v) is 12.6. The third-order valence-corrected chi connectivity index (χ3v) is 5.72. The molecule has 0 bridgehead atoms. The van der Waals surface area contributed by atoms with E-state index >= 15 is 0 Å². The molecule has 166 valence electrons. The highest BCUT2D eigenvalue weighted by atomic mass is 16.2. The van der Waals surface area contributed by atoms with Crippen molar-refractivity contribution in [1.82, 2.24) is 4.90 Å². The number of rotatable bonds is 21. The molecule has 0 aromatic heterocycles. The maximum Gasteiger partial charge on any atom is 0.248 e. The molecule has 0 radical (unpaired) electrons. The third kappa shape index (κ3) is 17.3. The maximum atomic E-state index is 12.4. The molecule has 0 N–H and O–H groups in total. The second-order valence-corrected chi connectivity index (χ2v) is 8.73. The Hall–Kier alpha value is -0.790. The molecule has 0 aliphatic heterocycles. The second-order valence-electron chi connectivity index (χ2n) is 8.73. The van der Waals surface area contributed by atoms with Crippen LogP contribution in [-0.4, -0.2) is 23.9 Å². The van der Waals surface area contributed by atoms with Crippen molar-refractivity contribution in [2.75, 3.05) is 13.1 Å². The summed E-state index contributed by atoms with van der Waals surface area (Å²) in [6.45, 7) is 12.1. The molecule has 28 heavy (non-hydrogen) atoms. The predicted molar refractivity (Wildman–Crippen MR) is 126 cm³/mol. The van der Waals surface area contributed by atoms with E-state index in [1.165, 1.54) is 103 Å². The van der Waals surface area contributed by atoms with Gasteiger partial charge < -0.3 is 4.90 Å². The number of carbonyl (C=O) groups is 1. The fourth-order valence-corrected chi connectivity index (χ4v) is 3.81. The summed E-state index contributed by atoms with van der Waals surface area (Å²) in [7, 11) is 0. The average molecular weight is 394 g/mol. The Kier molecular flexibility index (Phi) is 20.3. The van der Waals surface area contributed by atoms with E-state index in [1.54, 1.807) is 0 Å². The van der Waals surface area contributed by atoms with E-state index in [2.05, 4.69) is 25.3 Å². The van der Waals surface area contributed by atoms with Crippen molar-refractivity contribution in [3.8, 4) is 0 Å². The summed E-state index contributed by atoms with van der Waals surface area (Å²) < 4.78 is 0. The lowest BCUT2D eigenvalue weighted by molar-refractivity contribution is -0.127. The molecule has 0 saturated carbocycles. The summed E-state index contributed by atoms with van der Waals surface area (Å²) in [5, 5.41) is 0. The number of hydrogen-bond acceptors (Lipinski definition) is 1. The molecule has 0 rings (SSSR count). The highest BCUT2D eigenvalue weighted by Crippen LogP contribution is 2.13. The van der Waals surface area contributed by atoms with Gasteiger partial charge in [-0.15, -0.1) is 0 Å². The standard InChI is InChI=1S/C26H51NO/c1-5-7-9-11-13-15-16-18-20-22-24-27(26(28)25(3)4)23-21-19-17-14-12-10-8-6-2/h3,5-24H2,1-2,4H3. The number of amides is 1. The first-order chi connectivity index (χ1) is 13.6. The fourth-order valence-electron chi connectivity index (χ4n) is 3.81. The first-order valence-electron chi connectivity index (χ1n) is 12.6. The minimum atomic E-state index is 0.166. The molecule has 2 nitrogen and oxygen atoms in total. The molecular formula is C26H51NO. The van der Waals surface area contributed by atoms with Crippen LogP contribution in [0.3, 0.4) is 0 Å². The largest absolute Gasteiger partial charge is 0.339 e. The van der Waals surface area contributed by atoms with Crippen molar-refractivity contribution in [2.24, 2.45) is 0 Å². The van der Waals surface area contributed by atoms with Crippen molar-refractivity contribution in [3.05, 3.63) is 12.2 Å². The highest BCUT2D eigenvalue weighted by Gasteiger charge is 2.13. The van der Waals surface area contributed by atoms with E-state index in [4.69, 9.17) is 0 Å². The van der Waals surface area contributed by atoms with Crippen LogP contribution in [0.2, 0.25) is 0 Å². The van der Waals surface area contributed by atoms with Crippen molar-refractivity contribution in [1.29, 1.82) is 0 Å². The van der Waals surface area contributed by atoms with Gasteiger partial charge >= 0.3 is 0 Å². The van der Waals surface area contributed by atoms with Gasteiger partial charge in [0.15, 0.2) is 0 Å². The van der Waals surface area contributed by atoms with Crippen LogP contribution in [0, 0.1) is 0 Å². The lowest BCUT2D eigenvalue weighted by atomic mass is 10.1. The second kappa shape index (κ2) is 20.9. The minimum Gasteiger partial charge on any atom is -0.339 e. The van der Waals surface area contributed by atoms with E-state index in [0.29, 0.717) is 5.57 Å². The van der Waals surface area contributed by atoms with Crippen molar-refractivity contribution < 1.29 is 4.79 Å². The Morgan fingerprint density at radius 3 is 1.14 bits per heavy atom. The Morgan fingerprint density at radius 2 is 0.857 bits per heavy atom. The number of unbranched alkanes of at least 4 members (excludes halogenated alkanes) is 16. The van der Waals surface area contributed by atoms with Gasteiger partial charge in [0.1, 0.15) is 0 Å². The minimum absolute atomic E-state index is 0.166. The molecule has 0 saturated heterocycles. The fraction of sp³-hybridized carbons (Fsp3) is 0.885. The van der Waals surface area contributed by atoms with Gasteiger partial charge in [-0.05, 0) is 19.8 Å². The molecule has 0 unspecified atom stereocenters. The zero-order chi connectivity index (χ0) is 20.9. The zero-order valence-electron chi connectivity index (χ0n) is 19.7. The Labute approximate surface area is 177 Å². The smallest absolute Gasteiger partial charge is 0.248 e. The zero-order valence-corrected chi connectivity index (χ0v) is 19.7. The molecule has 0 atom stereocenters. The number of carbonyl (C=O) groups excluding carboxylic acids is 1. The molecule has 0 aromatic carbocycles. The van der Waals surface area contributed by atoms with Gasteiger partial charge in [0.05, 0.1) is 0 Å². The normalized spacial score (nSPS) is 11.0. The summed E-state index contributed by atoms with van der Waals surface area (Å²) in [4.78, 5) is 14.5. The topological polar surface area (TPSA) is 20.3 Å². The molecular weight excluding hydrogens is 342 g/mol. The Morgan fingerprint density at radius 1 is 0.571 bits per heavy atom. The van der Waals surface area contributed by atoms with Crippen LogP contribution in [0.1, 0.15) is 136 Å². The predicted octanol–water partition coefficient (Wildman–Crippen LogP) is 8.45. The van der Waals surface area contributed by atoms with Crippen LogP contribution >= 0.6 is 0 Å². The molecule has 0 aliphatic rings. The van der Waals surface area contributed by atoms with Gasteiger partial charge in [-0.2, -0.15) is 0 Å². The van der Waals surface area contributed by atoms with Crippen LogP contribution in [0.25, 0.3) is 0 Å². The van der Waals surface area contributed by atoms with Crippen molar-refractivity contribution in [2.45, 2.75) is 136 Å². The van der Waals surface area contributed by atoms with Gasteiger partial charge in [-0.25, -0.2) is 0 Å². The molecule has 1 amide bonds. The van der Waals surface area contributed by atoms with Crippen LogP contribution in [0.5, 0.6) is 0 Å². The van der Waals surface area contributed by atoms with Crippen molar-refractivity contribution >= 4 is 5.91 Å².